The lowest BCUT2D eigenvalue weighted by Crippen LogP contribution is -2.41. The lowest BCUT2D eigenvalue weighted by Gasteiger charge is -2.35. The van der Waals surface area contributed by atoms with Crippen molar-refractivity contribution in [1.29, 1.82) is 0 Å². The molecule has 1 atom stereocenters. The lowest BCUT2D eigenvalue weighted by atomic mass is 9.74. The van der Waals surface area contributed by atoms with Crippen LogP contribution >= 0.6 is 0 Å². The highest BCUT2D eigenvalue weighted by atomic mass is 16.5. The summed E-state index contributed by atoms with van der Waals surface area (Å²) in [6.07, 6.45) is 8.57. The van der Waals surface area contributed by atoms with Crippen LogP contribution in [0, 0.1) is 18.3 Å². The number of aryl methyl sites for hydroxylation is 1. The van der Waals surface area contributed by atoms with Crippen LogP contribution < -0.4 is 10.1 Å². The summed E-state index contributed by atoms with van der Waals surface area (Å²) < 4.78 is 5.36. The largest absolute Gasteiger partial charge is 0.496 e. The molecule has 2 fully saturated rings. The number of hydrogen-bond acceptors (Lipinski definition) is 3. The molecule has 2 aliphatic carbocycles. The first-order valence-electron chi connectivity index (χ1n) is 10.1. The minimum absolute atomic E-state index is 0.0975. The number of hydrogen-bond donors (Lipinski definition) is 2. The number of benzene rings is 1. The number of amides is 1. The summed E-state index contributed by atoms with van der Waals surface area (Å²) in [4.78, 5) is 12.7. The second-order valence-corrected chi connectivity index (χ2v) is 8.37. The molecule has 0 saturated heterocycles. The van der Waals surface area contributed by atoms with E-state index < -0.39 is 0 Å². The summed E-state index contributed by atoms with van der Waals surface area (Å²) in [5, 5.41) is 13.0. The Morgan fingerprint density at radius 2 is 2.04 bits per heavy atom. The van der Waals surface area contributed by atoms with Crippen molar-refractivity contribution in [2.24, 2.45) is 11.3 Å². The first-order chi connectivity index (χ1) is 12.6. The maximum Gasteiger partial charge on any atom is 0.220 e. The Kier molecular flexibility index (Phi) is 6.23. The van der Waals surface area contributed by atoms with Crippen molar-refractivity contribution in [3.63, 3.8) is 0 Å². The Morgan fingerprint density at radius 3 is 2.62 bits per heavy atom. The van der Waals surface area contributed by atoms with E-state index in [0.717, 1.165) is 37.0 Å². The molecule has 26 heavy (non-hydrogen) atoms. The van der Waals surface area contributed by atoms with E-state index in [0.29, 0.717) is 18.9 Å². The molecule has 0 aliphatic heterocycles. The van der Waals surface area contributed by atoms with Crippen LogP contribution in [-0.2, 0) is 4.79 Å². The van der Waals surface area contributed by atoms with Crippen molar-refractivity contribution in [2.45, 2.75) is 64.2 Å². The van der Waals surface area contributed by atoms with E-state index in [1.54, 1.807) is 7.11 Å². The molecule has 1 unspecified atom stereocenters. The molecule has 4 heteroatoms. The third kappa shape index (κ3) is 4.59. The van der Waals surface area contributed by atoms with Gasteiger partial charge >= 0.3 is 0 Å². The number of carbonyl (C=O) groups is 1. The summed E-state index contributed by atoms with van der Waals surface area (Å²) >= 11 is 0. The minimum atomic E-state index is -0.0975. The van der Waals surface area contributed by atoms with Crippen molar-refractivity contribution in [3.05, 3.63) is 29.3 Å². The Morgan fingerprint density at radius 1 is 1.31 bits per heavy atom. The molecule has 1 aromatic rings. The third-order valence-corrected chi connectivity index (χ3v) is 6.35. The number of nitrogens with one attached hydrogen (secondary N) is 1. The van der Waals surface area contributed by atoms with Crippen molar-refractivity contribution >= 4 is 5.91 Å². The summed E-state index contributed by atoms with van der Waals surface area (Å²) in [5.41, 5.74) is 2.27. The fourth-order valence-electron chi connectivity index (χ4n) is 4.44. The van der Waals surface area contributed by atoms with Gasteiger partial charge in [0.15, 0.2) is 0 Å². The van der Waals surface area contributed by atoms with Gasteiger partial charge in [0.05, 0.1) is 13.7 Å². The van der Waals surface area contributed by atoms with Crippen LogP contribution in [0.25, 0.3) is 0 Å². The van der Waals surface area contributed by atoms with Gasteiger partial charge in [-0.05, 0) is 61.6 Å². The number of aliphatic hydroxyl groups excluding tert-OH is 1. The number of aliphatic hydroxyl groups is 1. The van der Waals surface area contributed by atoms with E-state index in [-0.39, 0.29) is 23.8 Å². The summed E-state index contributed by atoms with van der Waals surface area (Å²) in [5.74, 6) is 1.93. The molecule has 0 bridgehead atoms. The third-order valence-electron chi connectivity index (χ3n) is 6.35. The van der Waals surface area contributed by atoms with Gasteiger partial charge < -0.3 is 15.2 Å². The lowest BCUT2D eigenvalue weighted by molar-refractivity contribution is -0.122. The normalized spacial score (nSPS) is 20.4. The zero-order valence-electron chi connectivity index (χ0n) is 16.2. The number of methoxy groups -OCH3 is 1. The Labute approximate surface area is 157 Å². The summed E-state index contributed by atoms with van der Waals surface area (Å²) in [6, 6.07) is 6.30. The SMILES string of the molecule is COc1ccc(C(CC(=O)NCC2(CO)CCCCC2)C2CC2)cc1C. The van der Waals surface area contributed by atoms with Gasteiger partial charge in [-0.1, -0.05) is 31.4 Å². The molecule has 2 N–H and O–H groups in total. The van der Waals surface area contributed by atoms with Gasteiger partial charge in [0.25, 0.3) is 0 Å². The van der Waals surface area contributed by atoms with E-state index in [1.807, 2.05) is 6.07 Å². The number of ether oxygens (including phenoxy) is 1. The molecule has 0 radical (unpaired) electrons. The molecular formula is C22H33NO3. The van der Waals surface area contributed by atoms with E-state index in [4.69, 9.17) is 4.74 Å². The molecule has 0 spiro atoms. The number of carbonyl (C=O) groups excluding carboxylic acids is 1. The molecule has 3 rings (SSSR count). The monoisotopic (exact) mass is 359 g/mol. The van der Waals surface area contributed by atoms with Crippen molar-refractivity contribution in [1.82, 2.24) is 5.32 Å². The Hall–Kier alpha value is -1.55. The minimum Gasteiger partial charge on any atom is -0.496 e. The zero-order chi connectivity index (χ0) is 18.6. The van der Waals surface area contributed by atoms with Crippen LogP contribution in [0.2, 0.25) is 0 Å². The van der Waals surface area contributed by atoms with Crippen molar-refractivity contribution in [3.8, 4) is 5.75 Å². The number of rotatable bonds is 8. The standard InChI is InChI=1S/C22H33NO3/c1-16-12-18(8-9-20(16)26-2)19(17-6-7-17)13-21(25)23-14-22(15-24)10-4-3-5-11-22/h8-9,12,17,19,24H,3-7,10-11,13-15H2,1-2H3,(H,23,25). The van der Waals surface area contributed by atoms with Gasteiger partial charge in [-0.2, -0.15) is 0 Å². The first-order valence-corrected chi connectivity index (χ1v) is 10.1. The molecule has 1 aromatic carbocycles. The van der Waals surface area contributed by atoms with Gasteiger partial charge in [-0.3, -0.25) is 4.79 Å². The van der Waals surface area contributed by atoms with Crippen LogP contribution in [0.15, 0.2) is 18.2 Å². The highest BCUT2D eigenvalue weighted by molar-refractivity contribution is 5.77. The average Bonchev–Trinajstić information content (AvgIpc) is 3.50. The van der Waals surface area contributed by atoms with Gasteiger partial charge in [0.1, 0.15) is 5.75 Å². The maximum atomic E-state index is 12.7. The molecule has 0 aromatic heterocycles. The Balaban J connectivity index is 1.61. The van der Waals surface area contributed by atoms with Gasteiger partial charge in [0.2, 0.25) is 5.91 Å². The highest BCUT2D eigenvalue weighted by Crippen LogP contribution is 2.45. The zero-order valence-corrected chi connectivity index (χ0v) is 16.2. The molecule has 2 saturated carbocycles. The van der Waals surface area contributed by atoms with E-state index in [1.165, 1.54) is 24.8 Å². The average molecular weight is 360 g/mol. The quantitative estimate of drug-likeness (QED) is 0.739. The second-order valence-electron chi connectivity index (χ2n) is 8.37. The predicted octanol–water partition coefficient (Wildman–Crippen LogP) is 3.95. The Bertz CT molecular complexity index is 618. The van der Waals surface area contributed by atoms with E-state index in [9.17, 15) is 9.90 Å². The predicted molar refractivity (Wildman–Crippen MR) is 103 cm³/mol. The van der Waals surface area contributed by atoms with Crippen LogP contribution in [0.1, 0.15) is 68.4 Å². The molecule has 0 heterocycles. The molecule has 2 aliphatic rings. The highest BCUT2D eigenvalue weighted by Gasteiger charge is 2.35. The van der Waals surface area contributed by atoms with Crippen molar-refractivity contribution in [2.75, 3.05) is 20.3 Å². The van der Waals surface area contributed by atoms with E-state index >= 15 is 0 Å². The molecular weight excluding hydrogens is 326 g/mol. The van der Waals surface area contributed by atoms with Crippen LogP contribution in [0.5, 0.6) is 5.75 Å². The van der Waals surface area contributed by atoms with Gasteiger partial charge in [-0.25, -0.2) is 0 Å². The summed E-state index contributed by atoms with van der Waals surface area (Å²) in [6.45, 7) is 2.85. The van der Waals surface area contributed by atoms with E-state index in [2.05, 4.69) is 24.4 Å². The smallest absolute Gasteiger partial charge is 0.220 e. The van der Waals surface area contributed by atoms with Crippen LogP contribution in [0.4, 0.5) is 0 Å². The van der Waals surface area contributed by atoms with Gasteiger partial charge in [-0.15, -0.1) is 0 Å². The van der Waals surface area contributed by atoms with Crippen LogP contribution in [-0.4, -0.2) is 31.3 Å². The molecule has 144 valence electrons. The second kappa shape index (κ2) is 8.43. The first kappa shape index (κ1) is 19.2. The summed E-state index contributed by atoms with van der Waals surface area (Å²) in [7, 11) is 1.69. The fourth-order valence-corrected chi connectivity index (χ4v) is 4.44. The molecule has 1 amide bonds. The topological polar surface area (TPSA) is 58.6 Å². The maximum absolute atomic E-state index is 12.7. The van der Waals surface area contributed by atoms with Gasteiger partial charge in [0, 0.05) is 18.4 Å². The van der Waals surface area contributed by atoms with Crippen molar-refractivity contribution < 1.29 is 14.6 Å². The fraction of sp³-hybridized carbons (Fsp3) is 0.682. The molecule has 4 nitrogen and oxygen atoms in total. The van der Waals surface area contributed by atoms with Crippen LogP contribution in [0.3, 0.4) is 0 Å².